The molecule has 0 spiro atoms. The number of hydrogen-bond acceptors (Lipinski definition) is 0. The van der Waals surface area contributed by atoms with E-state index in [0.717, 1.165) is 0 Å². The summed E-state index contributed by atoms with van der Waals surface area (Å²) >= 11 is 0. The van der Waals surface area contributed by atoms with Crippen LogP contribution in [-0.4, -0.2) is 0 Å². The molecule has 0 heteroatoms. The Morgan fingerprint density at radius 1 is 0.850 bits per heavy atom. The topological polar surface area (TPSA) is 0 Å². The van der Waals surface area contributed by atoms with E-state index in [1.165, 1.54) is 37.7 Å². The fourth-order valence-corrected chi connectivity index (χ4v) is 3.82. The van der Waals surface area contributed by atoms with Crippen molar-refractivity contribution in [3.63, 3.8) is 0 Å². The van der Waals surface area contributed by atoms with E-state index in [9.17, 15) is 0 Å². The Kier molecular flexibility index (Phi) is 2.95. The lowest BCUT2D eigenvalue weighted by Crippen LogP contribution is -2.09. The molecule has 0 aliphatic heterocycles. The first kappa shape index (κ1) is 12.0. The van der Waals surface area contributed by atoms with Gasteiger partial charge in [-0.25, -0.2) is 0 Å². The van der Waals surface area contributed by atoms with Gasteiger partial charge in [0.05, 0.1) is 0 Å². The molecular formula is C20H20. The van der Waals surface area contributed by atoms with Gasteiger partial charge in [0.25, 0.3) is 0 Å². The van der Waals surface area contributed by atoms with Crippen molar-refractivity contribution in [3.8, 4) is 0 Å². The van der Waals surface area contributed by atoms with Gasteiger partial charge in [0, 0.05) is 5.92 Å². The maximum Gasteiger partial charge on any atom is 0.0237 e. The van der Waals surface area contributed by atoms with E-state index in [1.807, 2.05) is 0 Å². The second-order valence-electron chi connectivity index (χ2n) is 6.04. The highest BCUT2D eigenvalue weighted by atomic mass is 14.3. The highest BCUT2D eigenvalue weighted by Gasteiger charge is 2.24. The van der Waals surface area contributed by atoms with Crippen LogP contribution in [0.25, 0.3) is 0 Å². The molecule has 1 aromatic rings. The van der Waals surface area contributed by atoms with E-state index in [1.54, 1.807) is 22.3 Å². The number of benzene rings is 1. The number of allylic oxidation sites excluding steroid dienone is 8. The lowest BCUT2D eigenvalue weighted by molar-refractivity contribution is 0.770. The molecule has 0 fully saturated rings. The van der Waals surface area contributed by atoms with Crippen molar-refractivity contribution >= 4 is 0 Å². The van der Waals surface area contributed by atoms with Crippen LogP contribution in [-0.2, 0) is 12.8 Å². The third kappa shape index (κ3) is 2.00. The monoisotopic (exact) mass is 260 g/mol. The molecule has 0 amide bonds. The molecule has 20 heavy (non-hydrogen) atoms. The van der Waals surface area contributed by atoms with Crippen LogP contribution >= 0.6 is 0 Å². The first-order valence-corrected chi connectivity index (χ1v) is 7.77. The SMILES string of the molecule is C1=CC2C(=C1)C=CC1=C2CCc2ccccc2CCC1. The first-order chi connectivity index (χ1) is 9.92. The van der Waals surface area contributed by atoms with Crippen LogP contribution in [0.3, 0.4) is 0 Å². The summed E-state index contributed by atoms with van der Waals surface area (Å²) in [5.41, 5.74) is 7.88. The molecule has 1 aromatic carbocycles. The Bertz CT molecular complexity index is 652. The predicted molar refractivity (Wildman–Crippen MR) is 84.6 cm³/mol. The third-order valence-corrected chi connectivity index (χ3v) is 4.89. The van der Waals surface area contributed by atoms with Gasteiger partial charge >= 0.3 is 0 Å². The fourth-order valence-electron chi connectivity index (χ4n) is 3.82. The minimum absolute atomic E-state index is 0.570. The molecule has 0 aromatic heterocycles. The van der Waals surface area contributed by atoms with Crippen molar-refractivity contribution in [2.45, 2.75) is 32.1 Å². The van der Waals surface area contributed by atoms with Gasteiger partial charge in [0.1, 0.15) is 0 Å². The van der Waals surface area contributed by atoms with Crippen molar-refractivity contribution < 1.29 is 0 Å². The van der Waals surface area contributed by atoms with Crippen molar-refractivity contribution in [1.29, 1.82) is 0 Å². The number of aryl methyl sites for hydroxylation is 2. The van der Waals surface area contributed by atoms with Crippen LogP contribution in [0.5, 0.6) is 0 Å². The zero-order chi connectivity index (χ0) is 13.4. The van der Waals surface area contributed by atoms with Crippen LogP contribution in [0.4, 0.5) is 0 Å². The Labute approximate surface area is 121 Å². The largest absolute Gasteiger partial charge is 0.0729 e. The van der Waals surface area contributed by atoms with Gasteiger partial charge in [-0.05, 0) is 54.4 Å². The molecule has 3 aliphatic carbocycles. The molecule has 1 unspecified atom stereocenters. The van der Waals surface area contributed by atoms with Crippen molar-refractivity contribution in [3.05, 3.63) is 82.5 Å². The summed E-state index contributed by atoms with van der Waals surface area (Å²) in [7, 11) is 0. The molecule has 0 nitrogen and oxygen atoms in total. The van der Waals surface area contributed by atoms with Crippen molar-refractivity contribution in [2.75, 3.05) is 0 Å². The second kappa shape index (κ2) is 4.94. The van der Waals surface area contributed by atoms with E-state index < -0.39 is 0 Å². The fraction of sp³-hybridized carbons (Fsp3) is 0.300. The summed E-state index contributed by atoms with van der Waals surface area (Å²) < 4.78 is 0. The molecule has 0 saturated heterocycles. The average molecular weight is 260 g/mol. The Hall–Kier alpha value is -1.82. The standard InChI is InChI=1S/C20H20/c1-2-6-16-13-14-20-18(8-3-7-15(16)5-1)12-11-17-9-4-10-19(17)20/h1-2,4-6,9-12,19H,3,7-8,13-14H2. The van der Waals surface area contributed by atoms with Gasteiger partial charge in [-0.15, -0.1) is 0 Å². The number of rotatable bonds is 0. The van der Waals surface area contributed by atoms with E-state index in [-0.39, 0.29) is 0 Å². The molecular weight excluding hydrogens is 240 g/mol. The minimum Gasteiger partial charge on any atom is -0.0729 e. The molecule has 0 bridgehead atoms. The zero-order valence-corrected chi connectivity index (χ0v) is 11.8. The summed E-state index contributed by atoms with van der Waals surface area (Å²) in [6.45, 7) is 0. The van der Waals surface area contributed by atoms with E-state index in [0.29, 0.717) is 5.92 Å². The maximum atomic E-state index is 2.38. The van der Waals surface area contributed by atoms with Crippen LogP contribution in [0, 0.1) is 5.92 Å². The molecule has 0 N–H and O–H groups in total. The highest BCUT2D eigenvalue weighted by Crippen LogP contribution is 2.39. The van der Waals surface area contributed by atoms with Crippen LogP contribution < -0.4 is 0 Å². The highest BCUT2D eigenvalue weighted by molar-refractivity contribution is 5.51. The first-order valence-electron chi connectivity index (χ1n) is 7.77. The van der Waals surface area contributed by atoms with Gasteiger partial charge in [-0.3, -0.25) is 0 Å². The lowest BCUT2D eigenvalue weighted by atomic mass is 9.81. The van der Waals surface area contributed by atoms with Gasteiger partial charge in [0.15, 0.2) is 0 Å². The predicted octanol–water partition coefficient (Wildman–Crippen LogP) is 4.93. The Morgan fingerprint density at radius 2 is 1.70 bits per heavy atom. The normalized spacial score (nSPS) is 24.2. The third-order valence-electron chi connectivity index (χ3n) is 4.89. The molecule has 3 aliphatic rings. The van der Waals surface area contributed by atoms with Crippen LogP contribution in [0.15, 0.2) is 71.4 Å². The lowest BCUT2D eigenvalue weighted by Gasteiger charge is -2.23. The quantitative estimate of drug-likeness (QED) is 0.620. The van der Waals surface area contributed by atoms with E-state index in [2.05, 4.69) is 54.6 Å². The number of fused-ring (bicyclic) bond motifs is 3. The summed E-state index contributed by atoms with van der Waals surface area (Å²) in [5, 5.41) is 0. The molecule has 0 saturated carbocycles. The summed E-state index contributed by atoms with van der Waals surface area (Å²) in [5.74, 6) is 0.570. The van der Waals surface area contributed by atoms with Gasteiger partial charge in [-0.1, -0.05) is 60.2 Å². The Balaban J connectivity index is 1.70. The molecule has 100 valence electrons. The summed E-state index contributed by atoms with van der Waals surface area (Å²) in [6, 6.07) is 9.01. The Morgan fingerprint density at radius 3 is 2.60 bits per heavy atom. The molecule has 0 heterocycles. The molecule has 4 rings (SSSR count). The van der Waals surface area contributed by atoms with E-state index in [4.69, 9.17) is 0 Å². The number of hydrogen-bond donors (Lipinski definition) is 0. The van der Waals surface area contributed by atoms with Crippen LogP contribution in [0.1, 0.15) is 30.4 Å². The summed E-state index contributed by atoms with van der Waals surface area (Å²) in [6.07, 6.45) is 17.7. The van der Waals surface area contributed by atoms with Gasteiger partial charge in [-0.2, -0.15) is 0 Å². The minimum atomic E-state index is 0.570. The van der Waals surface area contributed by atoms with Crippen molar-refractivity contribution in [1.82, 2.24) is 0 Å². The zero-order valence-electron chi connectivity index (χ0n) is 11.8. The van der Waals surface area contributed by atoms with Gasteiger partial charge < -0.3 is 0 Å². The smallest absolute Gasteiger partial charge is 0.0237 e. The summed E-state index contributed by atoms with van der Waals surface area (Å²) in [4.78, 5) is 0. The molecule has 1 atom stereocenters. The van der Waals surface area contributed by atoms with E-state index >= 15 is 0 Å². The van der Waals surface area contributed by atoms with Gasteiger partial charge in [0.2, 0.25) is 0 Å². The second-order valence-corrected chi connectivity index (χ2v) is 6.04. The maximum absolute atomic E-state index is 2.38. The molecule has 0 radical (unpaired) electrons. The van der Waals surface area contributed by atoms with Crippen molar-refractivity contribution in [2.24, 2.45) is 5.92 Å². The van der Waals surface area contributed by atoms with Crippen LogP contribution in [0.2, 0.25) is 0 Å². The average Bonchev–Trinajstić information content (AvgIpc) is 2.97.